The van der Waals surface area contributed by atoms with E-state index < -0.39 is 0 Å². The van der Waals surface area contributed by atoms with Crippen LogP contribution >= 0.6 is 11.6 Å². The van der Waals surface area contributed by atoms with Gasteiger partial charge in [-0.05, 0) is 43.2 Å². The molecule has 0 spiro atoms. The molecule has 0 amide bonds. The lowest BCUT2D eigenvalue weighted by molar-refractivity contribution is 0.416. The Labute approximate surface area is 130 Å². The van der Waals surface area contributed by atoms with Crippen LogP contribution in [0.1, 0.15) is 18.1 Å². The molecule has 0 heterocycles. The van der Waals surface area contributed by atoms with E-state index in [1.54, 1.807) is 19.2 Å². The Morgan fingerprint density at radius 2 is 1.95 bits per heavy atom. The molecule has 3 nitrogen and oxygen atoms in total. The fourth-order valence-electron chi connectivity index (χ4n) is 2.17. The van der Waals surface area contributed by atoms with E-state index in [-0.39, 0.29) is 6.04 Å². The van der Waals surface area contributed by atoms with Crippen LogP contribution in [0, 0.1) is 11.3 Å². The summed E-state index contributed by atoms with van der Waals surface area (Å²) in [6.45, 7) is 2.10. The summed E-state index contributed by atoms with van der Waals surface area (Å²) in [5, 5.41) is 13.1. The minimum atomic E-state index is 0.230. The zero-order valence-electron chi connectivity index (χ0n) is 12.1. The van der Waals surface area contributed by atoms with E-state index in [4.69, 9.17) is 21.6 Å². The number of methoxy groups -OCH3 is 1. The third-order valence-corrected chi connectivity index (χ3v) is 3.44. The van der Waals surface area contributed by atoms with Crippen molar-refractivity contribution in [2.24, 2.45) is 0 Å². The van der Waals surface area contributed by atoms with Crippen LogP contribution < -0.4 is 10.1 Å². The van der Waals surface area contributed by atoms with Gasteiger partial charge in [-0.15, -0.1) is 0 Å². The molecule has 4 heteroatoms. The van der Waals surface area contributed by atoms with Crippen molar-refractivity contribution in [1.82, 2.24) is 0 Å². The van der Waals surface area contributed by atoms with Crippen molar-refractivity contribution in [3.63, 3.8) is 0 Å². The highest BCUT2D eigenvalue weighted by molar-refractivity contribution is 6.30. The van der Waals surface area contributed by atoms with Gasteiger partial charge in [0.2, 0.25) is 0 Å². The Kier molecular flexibility index (Phi) is 5.08. The van der Waals surface area contributed by atoms with E-state index in [1.807, 2.05) is 30.3 Å². The number of hydrogen-bond donors (Lipinski definition) is 1. The molecule has 0 aliphatic heterocycles. The van der Waals surface area contributed by atoms with Crippen molar-refractivity contribution in [3.8, 4) is 11.8 Å². The highest BCUT2D eigenvalue weighted by Crippen LogP contribution is 2.26. The molecule has 2 aromatic carbocycles. The standard InChI is InChI=1S/C17H17ClN2O/c1-12(9-13-3-6-15(18)7-4-13)20-16-8-5-14(11-19)10-17(16)21-2/h3-8,10,12,20H,9H2,1-2H3. The molecule has 108 valence electrons. The molecule has 0 aromatic heterocycles. The molecular weight excluding hydrogens is 284 g/mol. The number of halogens is 1. The highest BCUT2D eigenvalue weighted by atomic mass is 35.5. The van der Waals surface area contributed by atoms with Crippen LogP contribution in [0.2, 0.25) is 5.02 Å². The van der Waals surface area contributed by atoms with Crippen LogP contribution in [0.5, 0.6) is 5.75 Å². The van der Waals surface area contributed by atoms with Crippen molar-refractivity contribution in [3.05, 3.63) is 58.6 Å². The summed E-state index contributed by atoms with van der Waals surface area (Å²) in [6.07, 6.45) is 0.875. The predicted molar refractivity (Wildman–Crippen MR) is 85.9 cm³/mol. The van der Waals surface area contributed by atoms with Gasteiger partial charge in [-0.1, -0.05) is 23.7 Å². The van der Waals surface area contributed by atoms with Gasteiger partial charge in [0.1, 0.15) is 5.75 Å². The van der Waals surface area contributed by atoms with Crippen LogP contribution in [0.4, 0.5) is 5.69 Å². The van der Waals surface area contributed by atoms with Gasteiger partial charge in [-0.25, -0.2) is 0 Å². The van der Waals surface area contributed by atoms with Gasteiger partial charge < -0.3 is 10.1 Å². The van der Waals surface area contributed by atoms with Crippen molar-refractivity contribution >= 4 is 17.3 Å². The molecule has 1 unspecified atom stereocenters. The van der Waals surface area contributed by atoms with E-state index in [0.29, 0.717) is 11.3 Å². The molecule has 0 aliphatic carbocycles. The quantitative estimate of drug-likeness (QED) is 0.897. The second-order valence-electron chi connectivity index (χ2n) is 4.90. The van der Waals surface area contributed by atoms with E-state index in [0.717, 1.165) is 17.1 Å². The summed E-state index contributed by atoms with van der Waals surface area (Å²) in [5.41, 5.74) is 2.69. The van der Waals surface area contributed by atoms with Gasteiger partial charge in [0.05, 0.1) is 24.4 Å². The third kappa shape index (κ3) is 4.14. The van der Waals surface area contributed by atoms with Gasteiger partial charge >= 0.3 is 0 Å². The third-order valence-electron chi connectivity index (χ3n) is 3.19. The number of anilines is 1. The average molecular weight is 301 g/mol. The number of benzene rings is 2. The molecule has 0 saturated carbocycles. The number of nitrogens with one attached hydrogen (secondary N) is 1. The Morgan fingerprint density at radius 1 is 1.24 bits per heavy atom. The molecule has 21 heavy (non-hydrogen) atoms. The van der Waals surface area contributed by atoms with Gasteiger partial charge in [-0.3, -0.25) is 0 Å². The molecule has 0 radical (unpaired) electrons. The Hall–Kier alpha value is -2.18. The second-order valence-corrected chi connectivity index (χ2v) is 5.34. The molecule has 0 bridgehead atoms. The summed E-state index contributed by atoms with van der Waals surface area (Å²) >= 11 is 5.89. The molecule has 2 rings (SSSR count). The zero-order chi connectivity index (χ0) is 15.2. The number of nitriles is 1. The number of ether oxygens (including phenoxy) is 1. The largest absolute Gasteiger partial charge is 0.495 e. The molecule has 0 fully saturated rings. The minimum Gasteiger partial charge on any atom is -0.495 e. The first-order valence-electron chi connectivity index (χ1n) is 6.71. The van der Waals surface area contributed by atoms with Gasteiger partial charge in [0.15, 0.2) is 0 Å². The highest BCUT2D eigenvalue weighted by Gasteiger charge is 2.09. The maximum Gasteiger partial charge on any atom is 0.143 e. The molecule has 2 aromatic rings. The van der Waals surface area contributed by atoms with Crippen LogP contribution in [0.3, 0.4) is 0 Å². The first-order valence-corrected chi connectivity index (χ1v) is 7.09. The van der Waals surface area contributed by atoms with Crippen molar-refractivity contribution in [2.45, 2.75) is 19.4 Å². The lowest BCUT2D eigenvalue weighted by Crippen LogP contribution is -2.18. The first-order chi connectivity index (χ1) is 10.1. The zero-order valence-corrected chi connectivity index (χ0v) is 12.8. The summed E-state index contributed by atoms with van der Waals surface area (Å²) in [4.78, 5) is 0. The van der Waals surface area contributed by atoms with Crippen molar-refractivity contribution in [2.75, 3.05) is 12.4 Å². The summed E-state index contributed by atoms with van der Waals surface area (Å²) in [5.74, 6) is 0.678. The maximum atomic E-state index is 8.91. The number of rotatable bonds is 5. The Morgan fingerprint density at radius 3 is 2.57 bits per heavy atom. The summed E-state index contributed by atoms with van der Waals surface area (Å²) < 4.78 is 5.32. The molecule has 1 atom stereocenters. The summed E-state index contributed by atoms with van der Waals surface area (Å²) in [7, 11) is 1.60. The number of nitrogens with zero attached hydrogens (tertiary/aromatic N) is 1. The normalized spacial score (nSPS) is 11.5. The van der Waals surface area contributed by atoms with Crippen LogP contribution in [0.25, 0.3) is 0 Å². The fraction of sp³-hybridized carbons (Fsp3) is 0.235. The molecule has 1 N–H and O–H groups in total. The van der Waals surface area contributed by atoms with Gasteiger partial charge in [0.25, 0.3) is 0 Å². The Bertz CT molecular complexity index is 647. The topological polar surface area (TPSA) is 45.0 Å². The molecule has 0 saturated heterocycles. The fourth-order valence-corrected chi connectivity index (χ4v) is 2.30. The smallest absolute Gasteiger partial charge is 0.143 e. The SMILES string of the molecule is COc1cc(C#N)ccc1NC(C)Cc1ccc(Cl)cc1. The predicted octanol–water partition coefficient (Wildman–Crippen LogP) is 4.26. The van der Waals surface area contributed by atoms with Crippen molar-refractivity contribution in [1.29, 1.82) is 5.26 Å². The van der Waals surface area contributed by atoms with Crippen molar-refractivity contribution < 1.29 is 4.74 Å². The monoisotopic (exact) mass is 300 g/mol. The average Bonchev–Trinajstić information content (AvgIpc) is 2.50. The summed E-state index contributed by atoms with van der Waals surface area (Å²) in [6, 6.07) is 15.6. The van der Waals surface area contributed by atoms with E-state index in [1.165, 1.54) is 5.56 Å². The lowest BCUT2D eigenvalue weighted by atomic mass is 10.1. The Balaban J connectivity index is 2.07. The van der Waals surface area contributed by atoms with Crippen LogP contribution in [0.15, 0.2) is 42.5 Å². The molecule has 0 aliphatic rings. The maximum absolute atomic E-state index is 8.91. The molecular formula is C17H17ClN2O. The first kappa shape index (κ1) is 15.2. The van der Waals surface area contributed by atoms with E-state index >= 15 is 0 Å². The van der Waals surface area contributed by atoms with Crippen LogP contribution in [-0.4, -0.2) is 13.2 Å². The van der Waals surface area contributed by atoms with E-state index in [9.17, 15) is 0 Å². The van der Waals surface area contributed by atoms with Gasteiger partial charge in [-0.2, -0.15) is 5.26 Å². The number of hydrogen-bond acceptors (Lipinski definition) is 3. The lowest BCUT2D eigenvalue weighted by Gasteiger charge is -2.18. The second kappa shape index (κ2) is 7.01. The minimum absolute atomic E-state index is 0.230. The van der Waals surface area contributed by atoms with Gasteiger partial charge in [0, 0.05) is 17.1 Å². The van der Waals surface area contributed by atoms with Crippen LogP contribution in [-0.2, 0) is 6.42 Å². The van der Waals surface area contributed by atoms with E-state index in [2.05, 4.69) is 18.3 Å².